The van der Waals surface area contributed by atoms with Gasteiger partial charge in [0.2, 0.25) is 5.91 Å². The van der Waals surface area contributed by atoms with E-state index in [1.54, 1.807) is 20.8 Å². The Kier molecular flexibility index (Phi) is 4.36. The van der Waals surface area contributed by atoms with E-state index in [1.807, 2.05) is 0 Å². The predicted molar refractivity (Wildman–Crippen MR) is 51.4 cm³/mol. The Bertz CT molecular complexity index is 222. The molecule has 0 bridgehead atoms. The van der Waals surface area contributed by atoms with Gasteiger partial charge in [-0.15, -0.1) is 0 Å². The Morgan fingerprint density at radius 2 is 1.93 bits per heavy atom. The summed E-state index contributed by atoms with van der Waals surface area (Å²) in [6.45, 7) is 5.48. The first-order valence-electron chi connectivity index (χ1n) is 4.29. The molecular weight excluding hydrogens is 186 g/mol. The molecule has 6 heteroatoms. The predicted octanol–water partition coefficient (Wildman–Crippen LogP) is 0.145. The van der Waals surface area contributed by atoms with E-state index in [0.717, 1.165) is 5.01 Å². The summed E-state index contributed by atoms with van der Waals surface area (Å²) < 4.78 is 0. The largest absolute Gasteiger partial charge is 0.465 e. The van der Waals surface area contributed by atoms with Crippen molar-refractivity contribution in [2.24, 2.45) is 5.84 Å². The summed E-state index contributed by atoms with van der Waals surface area (Å²) in [5, 5.41) is 11.5. The van der Waals surface area contributed by atoms with Crippen LogP contribution in [0.5, 0.6) is 0 Å². The van der Waals surface area contributed by atoms with Crippen LogP contribution in [0.1, 0.15) is 27.2 Å². The molecule has 4 N–H and O–H groups in total. The fraction of sp³-hybridized carbons (Fsp3) is 0.750. The average molecular weight is 203 g/mol. The Balaban J connectivity index is 3.91. The lowest BCUT2D eigenvalue weighted by molar-refractivity contribution is -0.136. The Labute approximate surface area is 83.0 Å². The molecule has 0 unspecified atom stereocenters. The van der Waals surface area contributed by atoms with Crippen molar-refractivity contribution in [1.29, 1.82) is 0 Å². The lowest BCUT2D eigenvalue weighted by atomic mass is 10.1. The second kappa shape index (κ2) is 4.80. The van der Waals surface area contributed by atoms with Crippen molar-refractivity contribution in [1.82, 2.24) is 10.3 Å². The van der Waals surface area contributed by atoms with Crippen LogP contribution in [0.15, 0.2) is 0 Å². The summed E-state index contributed by atoms with van der Waals surface area (Å²) in [6, 6.07) is 0. The maximum Gasteiger partial charge on any atom is 0.404 e. The van der Waals surface area contributed by atoms with Crippen molar-refractivity contribution in [3.8, 4) is 0 Å². The van der Waals surface area contributed by atoms with Crippen molar-refractivity contribution in [3.05, 3.63) is 0 Å². The molecule has 0 aromatic rings. The van der Waals surface area contributed by atoms with Gasteiger partial charge in [-0.1, -0.05) is 0 Å². The summed E-state index contributed by atoms with van der Waals surface area (Å²) in [4.78, 5) is 21.4. The SMILES string of the molecule is CC(C)(C)N(N)C(=O)CCNC(=O)O. The minimum atomic E-state index is -1.14. The first kappa shape index (κ1) is 12.7. The highest BCUT2D eigenvalue weighted by molar-refractivity contribution is 5.77. The summed E-state index contributed by atoms with van der Waals surface area (Å²) in [5.41, 5.74) is -0.444. The minimum Gasteiger partial charge on any atom is -0.465 e. The smallest absolute Gasteiger partial charge is 0.404 e. The number of hydrogen-bond acceptors (Lipinski definition) is 3. The molecule has 0 fully saturated rings. The number of nitrogens with one attached hydrogen (secondary N) is 1. The monoisotopic (exact) mass is 203 g/mol. The maximum atomic E-state index is 11.3. The molecule has 0 saturated heterocycles. The van der Waals surface area contributed by atoms with E-state index in [2.05, 4.69) is 5.32 Å². The number of hydrazine groups is 1. The number of carbonyl (C=O) groups excluding carboxylic acids is 1. The van der Waals surface area contributed by atoms with E-state index in [9.17, 15) is 9.59 Å². The first-order valence-corrected chi connectivity index (χ1v) is 4.29. The van der Waals surface area contributed by atoms with Gasteiger partial charge in [0, 0.05) is 13.0 Å². The molecule has 0 aliphatic rings. The van der Waals surface area contributed by atoms with Crippen LogP contribution in [0.3, 0.4) is 0 Å². The zero-order valence-corrected chi connectivity index (χ0v) is 8.70. The molecule has 0 aromatic carbocycles. The lowest BCUT2D eigenvalue weighted by Gasteiger charge is -2.31. The topological polar surface area (TPSA) is 95.7 Å². The van der Waals surface area contributed by atoms with Crippen LogP contribution >= 0.6 is 0 Å². The number of carboxylic acid groups (broad SMARTS) is 1. The quantitative estimate of drug-likeness (QED) is 0.345. The van der Waals surface area contributed by atoms with E-state index in [4.69, 9.17) is 10.9 Å². The van der Waals surface area contributed by atoms with Crippen LogP contribution in [0.2, 0.25) is 0 Å². The van der Waals surface area contributed by atoms with Gasteiger partial charge >= 0.3 is 6.09 Å². The number of nitrogens with zero attached hydrogens (tertiary/aromatic N) is 1. The molecule has 0 radical (unpaired) electrons. The number of hydrogen-bond donors (Lipinski definition) is 3. The van der Waals surface area contributed by atoms with Crippen molar-refractivity contribution < 1.29 is 14.7 Å². The van der Waals surface area contributed by atoms with Crippen molar-refractivity contribution in [2.45, 2.75) is 32.7 Å². The van der Waals surface area contributed by atoms with E-state index < -0.39 is 11.6 Å². The third kappa shape index (κ3) is 4.66. The molecule has 0 saturated carbocycles. The Hall–Kier alpha value is -1.30. The molecule has 0 rings (SSSR count). The van der Waals surface area contributed by atoms with Crippen molar-refractivity contribution in [2.75, 3.05) is 6.54 Å². The van der Waals surface area contributed by atoms with Gasteiger partial charge in [-0.05, 0) is 20.8 Å². The second-order valence-corrected chi connectivity index (χ2v) is 3.92. The van der Waals surface area contributed by atoms with Crippen molar-refractivity contribution >= 4 is 12.0 Å². The molecule has 6 nitrogen and oxygen atoms in total. The van der Waals surface area contributed by atoms with Crippen LogP contribution in [0.4, 0.5) is 4.79 Å². The number of rotatable bonds is 3. The Morgan fingerprint density at radius 3 is 2.29 bits per heavy atom. The molecule has 0 spiro atoms. The fourth-order valence-corrected chi connectivity index (χ4v) is 0.771. The maximum absolute atomic E-state index is 11.3. The third-order valence-corrected chi connectivity index (χ3v) is 1.61. The molecule has 0 heterocycles. The number of amides is 2. The molecule has 14 heavy (non-hydrogen) atoms. The normalized spacial score (nSPS) is 10.9. The fourth-order valence-electron chi connectivity index (χ4n) is 0.771. The standard InChI is InChI=1S/C8H17N3O3/c1-8(2,3)11(9)6(12)4-5-10-7(13)14/h10H,4-5,9H2,1-3H3,(H,13,14). The highest BCUT2D eigenvalue weighted by atomic mass is 16.4. The molecule has 0 aliphatic heterocycles. The number of nitrogens with two attached hydrogens (primary N) is 1. The van der Waals surface area contributed by atoms with Crippen LogP contribution in [0, 0.1) is 0 Å². The van der Waals surface area contributed by atoms with Crippen LogP contribution in [-0.4, -0.2) is 34.2 Å². The first-order chi connectivity index (χ1) is 6.25. The summed E-state index contributed by atoms with van der Waals surface area (Å²) >= 11 is 0. The zero-order chi connectivity index (χ0) is 11.4. The molecule has 82 valence electrons. The van der Waals surface area contributed by atoms with Crippen LogP contribution in [0.25, 0.3) is 0 Å². The second-order valence-electron chi connectivity index (χ2n) is 3.92. The Morgan fingerprint density at radius 1 is 1.43 bits per heavy atom. The van der Waals surface area contributed by atoms with E-state index >= 15 is 0 Å². The molecule has 0 aromatic heterocycles. The summed E-state index contributed by atoms with van der Waals surface area (Å²) in [5.74, 6) is 5.23. The zero-order valence-electron chi connectivity index (χ0n) is 8.70. The minimum absolute atomic E-state index is 0.0695. The highest BCUT2D eigenvalue weighted by Gasteiger charge is 2.22. The van der Waals surface area contributed by atoms with Gasteiger partial charge < -0.3 is 10.4 Å². The highest BCUT2D eigenvalue weighted by Crippen LogP contribution is 2.08. The van der Waals surface area contributed by atoms with E-state index in [0.29, 0.717) is 0 Å². The van der Waals surface area contributed by atoms with Gasteiger partial charge in [0.25, 0.3) is 0 Å². The molecule has 0 aliphatic carbocycles. The van der Waals surface area contributed by atoms with Crippen LogP contribution < -0.4 is 11.2 Å². The number of carbonyl (C=O) groups is 2. The van der Waals surface area contributed by atoms with E-state index in [-0.39, 0.29) is 18.9 Å². The lowest BCUT2D eigenvalue weighted by Crippen LogP contribution is -2.51. The van der Waals surface area contributed by atoms with Crippen LogP contribution in [-0.2, 0) is 4.79 Å². The molecule has 2 amide bonds. The van der Waals surface area contributed by atoms with Gasteiger partial charge in [-0.2, -0.15) is 0 Å². The average Bonchev–Trinajstić information content (AvgIpc) is 2.00. The van der Waals surface area contributed by atoms with Gasteiger partial charge in [-0.25, -0.2) is 10.6 Å². The third-order valence-electron chi connectivity index (χ3n) is 1.61. The molecular formula is C8H17N3O3. The van der Waals surface area contributed by atoms with Gasteiger partial charge in [0.15, 0.2) is 0 Å². The molecule has 0 atom stereocenters. The van der Waals surface area contributed by atoms with Gasteiger partial charge in [0.05, 0.1) is 5.54 Å². The summed E-state index contributed by atoms with van der Waals surface area (Å²) in [7, 11) is 0. The van der Waals surface area contributed by atoms with Gasteiger partial charge in [0.1, 0.15) is 0 Å². The van der Waals surface area contributed by atoms with Gasteiger partial charge in [-0.3, -0.25) is 9.80 Å². The van der Waals surface area contributed by atoms with Crippen molar-refractivity contribution in [3.63, 3.8) is 0 Å². The van der Waals surface area contributed by atoms with E-state index in [1.165, 1.54) is 0 Å². The summed E-state index contributed by atoms with van der Waals surface area (Å²) in [6.07, 6.45) is -1.07.